The summed E-state index contributed by atoms with van der Waals surface area (Å²) >= 11 is 0. The zero-order valence-electron chi connectivity index (χ0n) is 10.8. The highest BCUT2D eigenvalue weighted by Crippen LogP contribution is 2.25. The molecule has 2 amide bonds. The van der Waals surface area contributed by atoms with Gasteiger partial charge < -0.3 is 14.5 Å². The van der Waals surface area contributed by atoms with Crippen molar-refractivity contribution in [3.63, 3.8) is 0 Å². The number of carbonyl (C=O) groups is 2. The lowest BCUT2D eigenvalue weighted by atomic mass is 10.1. The van der Waals surface area contributed by atoms with Crippen LogP contribution in [0.2, 0.25) is 0 Å². The maximum atomic E-state index is 11.9. The number of hydrogen-bond donors (Lipinski definition) is 0. The Morgan fingerprint density at radius 2 is 2.28 bits per heavy atom. The maximum Gasteiger partial charge on any atom is 0.410 e. The smallest absolute Gasteiger partial charge is 0.410 e. The van der Waals surface area contributed by atoms with Crippen LogP contribution in [0.1, 0.15) is 19.8 Å². The van der Waals surface area contributed by atoms with Crippen molar-refractivity contribution in [2.24, 2.45) is 5.92 Å². The second kappa shape index (κ2) is 5.42. The predicted molar refractivity (Wildman–Crippen MR) is 67.0 cm³/mol. The van der Waals surface area contributed by atoms with E-state index >= 15 is 0 Å². The molecule has 2 aliphatic rings. The van der Waals surface area contributed by atoms with E-state index in [1.165, 1.54) is 0 Å². The van der Waals surface area contributed by atoms with Crippen LogP contribution < -0.4 is 0 Å². The van der Waals surface area contributed by atoms with Gasteiger partial charge in [0.25, 0.3) is 0 Å². The molecule has 2 heterocycles. The molecule has 0 saturated carbocycles. The lowest BCUT2D eigenvalue weighted by molar-refractivity contribution is -0.132. The van der Waals surface area contributed by atoms with Crippen molar-refractivity contribution in [1.29, 1.82) is 0 Å². The van der Waals surface area contributed by atoms with Gasteiger partial charge in [0.15, 0.2) is 0 Å². The number of amides is 2. The first kappa shape index (κ1) is 12.9. The standard InChI is InChI=1S/C13H20N2O3/c1-3-8-18-13(17)14-6-5-11(9-14)15-7-4-10(2)12(15)16/h3,10-11H,1,4-9H2,2H3/t10?,11-/m1/s1. The van der Waals surface area contributed by atoms with Gasteiger partial charge in [0.1, 0.15) is 6.61 Å². The Hall–Kier alpha value is -1.52. The summed E-state index contributed by atoms with van der Waals surface area (Å²) in [5, 5.41) is 0. The Kier molecular flexibility index (Phi) is 3.89. The predicted octanol–water partition coefficient (Wildman–Crippen LogP) is 1.25. The average molecular weight is 252 g/mol. The van der Waals surface area contributed by atoms with E-state index in [1.807, 2.05) is 11.8 Å². The van der Waals surface area contributed by atoms with Crippen molar-refractivity contribution in [2.75, 3.05) is 26.2 Å². The van der Waals surface area contributed by atoms with Gasteiger partial charge in [-0.3, -0.25) is 4.79 Å². The summed E-state index contributed by atoms with van der Waals surface area (Å²) in [6, 6.07) is 0.165. The molecule has 1 unspecified atom stereocenters. The minimum absolute atomic E-state index is 0.131. The molecule has 5 heteroatoms. The van der Waals surface area contributed by atoms with Crippen molar-refractivity contribution in [3.05, 3.63) is 12.7 Å². The van der Waals surface area contributed by atoms with E-state index in [0.29, 0.717) is 13.1 Å². The summed E-state index contributed by atoms with van der Waals surface area (Å²) in [6.07, 6.45) is 3.02. The van der Waals surface area contributed by atoms with Crippen LogP contribution in [-0.4, -0.2) is 54.1 Å². The largest absolute Gasteiger partial charge is 0.445 e. The molecule has 0 aromatic heterocycles. The minimum atomic E-state index is -0.308. The van der Waals surface area contributed by atoms with E-state index in [9.17, 15) is 9.59 Å². The summed E-state index contributed by atoms with van der Waals surface area (Å²) < 4.78 is 5.00. The molecule has 0 radical (unpaired) electrons. The SMILES string of the molecule is C=CCOC(=O)N1CC[C@@H](N2CCC(C)C2=O)C1. The third-order valence-corrected chi connectivity index (χ3v) is 3.69. The molecule has 2 fully saturated rings. The van der Waals surface area contributed by atoms with Crippen molar-refractivity contribution >= 4 is 12.0 Å². The third kappa shape index (κ3) is 2.49. The Labute approximate surface area is 107 Å². The molecular formula is C13H20N2O3. The first-order valence-electron chi connectivity index (χ1n) is 6.46. The molecule has 2 rings (SSSR count). The zero-order chi connectivity index (χ0) is 13.1. The molecular weight excluding hydrogens is 232 g/mol. The third-order valence-electron chi connectivity index (χ3n) is 3.69. The van der Waals surface area contributed by atoms with Crippen molar-refractivity contribution in [3.8, 4) is 0 Å². The normalized spacial score (nSPS) is 27.7. The van der Waals surface area contributed by atoms with Gasteiger partial charge in [-0.25, -0.2) is 4.79 Å². The molecule has 0 aromatic rings. The number of likely N-dealkylation sites (tertiary alicyclic amines) is 2. The monoisotopic (exact) mass is 252 g/mol. The van der Waals surface area contributed by atoms with Gasteiger partial charge in [0.2, 0.25) is 5.91 Å². The molecule has 0 spiro atoms. The quantitative estimate of drug-likeness (QED) is 0.710. The van der Waals surface area contributed by atoms with E-state index in [-0.39, 0.29) is 30.6 Å². The fourth-order valence-electron chi connectivity index (χ4n) is 2.60. The lowest BCUT2D eigenvalue weighted by Gasteiger charge is -2.24. The second-order valence-corrected chi connectivity index (χ2v) is 4.98. The summed E-state index contributed by atoms with van der Waals surface area (Å²) in [5.41, 5.74) is 0. The summed E-state index contributed by atoms with van der Waals surface area (Å²) in [5.74, 6) is 0.355. The molecule has 2 atom stereocenters. The lowest BCUT2D eigenvalue weighted by Crippen LogP contribution is -2.40. The highest BCUT2D eigenvalue weighted by Gasteiger charge is 2.38. The molecule has 2 aliphatic heterocycles. The molecule has 0 N–H and O–H groups in total. The van der Waals surface area contributed by atoms with Gasteiger partial charge in [-0.2, -0.15) is 0 Å². The fourth-order valence-corrected chi connectivity index (χ4v) is 2.60. The Morgan fingerprint density at radius 3 is 2.89 bits per heavy atom. The van der Waals surface area contributed by atoms with Crippen molar-refractivity contribution < 1.29 is 14.3 Å². The summed E-state index contributed by atoms with van der Waals surface area (Å²) in [7, 11) is 0. The average Bonchev–Trinajstić information content (AvgIpc) is 2.95. The van der Waals surface area contributed by atoms with E-state index in [1.54, 1.807) is 11.0 Å². The van der Waals surface area contributed by atoms with Crippen molar-refractivity contribution in [2.45, 2.75) is 25.8 Å². The Morgan fingerprint density at radius 1 is 1.50 bits per heavy atom. The first-order valence-corrected chi connectivity index (χ1v) is 6.46. The number of rotatable bonds is 3. The molecule has 100 valence electrons. The van der Waals surface area contributed by atoms with Crippen LogP contribution in [0.3, 0.4) is 0 Å². The van der Waals surface area contributed by atoms with Gasteiger partial charge >= 0.3 is 6.09 Å². The number of ether oxygens (including phenoxy) is 1. The van der Waals surface area contributed by atoms with E-state index in [2.05, 4.69) is 6.58 Å². The van der Waals surface area contributed by atoms with Crippen molar-refractivity contribution in [1.82, 2.24) is 9.80 Å². The number of nitrogens with zero attached hydrogens (tertiary/aromatic N) is 2. The summed E-state index contributed by atoms with van der Waals surface area (Å²) in [6.45, 7) is 7.79. The Bertz CT molecular complexity index is 356. The minimum Gasteiger partial charge on any atom is -0.445 e. The van der Waals surface area contributed by atoms with Crippen LogP contribution >= 0.6 is 0 Å². The highest BCUT2D eigenvalue weighted by atomic mass is 16.6. The van der Waals surface area contributed by atoms with E-state index in [0.717, 1.165) is 19.4 Å². The van der Waals surface area contributed by atoms with Crippen LogP contribution in [0, 0.1) is 5.92 Å². The van der Waals surface area contributed by atoms with Gasteiger partial charge in [-0.1, -0.05) is 19.6 Å². The highest BCUT2D eigenvalue weighted by molar-refractivity contribution is 5.81. The van der Waals surface area contributed by atoms with Crippen LogP contribution in [0.4, 0.5) is 4.79 Å². The van der Waals surface area contributed by atoms with Crippen LogP contribution in [0.5, 0.6) is 0 Å². The van der Waals surface area contributed by atoms with Crippen LogP contribution in [-0.2, 0) is 9.53 Å². The maximum absolute atomic E-state index is 11.9. The van der Waals surface area contributed by atoms with Crippen LogP contribution in [0.15, 0.2) is 12.7 Å². The van der Waals surface area contributed by atoms with Gasteiger partial charge in [-0.15, -0.1) is 0 Å². The molecule has 2 saturated heterocycles. The molecule has 0 bridgehead atoms. The van der Waals surface area contributed by atoms with Gasteiger partial charge in [-0.05, 0) is 12.8 Å². The van der Waals surface area contributed by atoms with Gasteiger partial charge in [0, 0.05) is 25.6 Å². The van der Waals surface area contributed by atoms with E-state index in [4.69, 9.17) is 4.74 Å². The molecule has 0 aromatic carbocycles. The molecule has 5 nitrogen and oxygen atoms in total. The number of hydrogen-bond acceptors (Lipinski definition) is 3. The zero-order valence-corrected chi connectivity index (χ0v) is 10.8. The summed E-state index contributed by atoms with van der Waals surface area (Å²) in [4.78, 5) is 27.2. The molecule has 0 aliphatic carbocycles. The molecule has 18 heavy (non-hydrogen) atoms. The first-order chi connectivity index (χ1) is 8.63. The second-order valence-electron chi connectivity index (χ2n) is 4.98. The fraction of sp³-hybridized carbons (Fsp3) is 0.692. The topological polar surface area (TPSA) is 49.9 Å². The Balaban J connectivity index is 1.86. The van der Waals surface area contributed by atoms with Crippen LogP contribution in [0.25, 0.3) is 0 Å². The number of carbonyl (C=O) groups excluding carboxylic acids is 2. The van der Waals surface area contributed by atoms with E-state index < -0.39 is 0 Å². The van der Waals surface area contributed by atoms with Gasteiger partial charge in [0.05, 0.1) is 6.04 Å².